The van der Waals surface area contributed by atoms with Crippen LogP contribution in [0.15, 0.2) is 77.5 Å². The second kappa shape index (κ2) is 7.94. The second-order valence-electron chi connectivity index (χ2n) is 5.89. The summed E-state index contributed by atoms with van der Waals surface area (Å²) in [6, 6.07) is 15.7. The van der Waals surface area contributed by atoms with Gasteiger partial charge in [0.1, 0.15) is 5.82 Å². The molecule has 0 fully saturated rings. The average molecular weight is 398 g/mol. The van der Waals surface area contributed by atoms with E-state index in [1.807, 2.05) is 46.3 Å². The quantitative estimate of drug-likeness (QED) is 0.486. The number of pyridine rings is 1. The molecule has 0 aliphatic rings. The molecule has 0 spiro atoms. The summed E-state index contributed by atoms with van der Waals surface area (Å²) in [6.07, 6.45) is 3.71. The Morgan fingerprint density at radius 3 is 2.81 bits per heavy atom. The molecule has 4 aromatic rings. The van der Waals surface area contributed by atoms with Gasteiger partial charge in [-0.25, -0.2) is 9.37 Å². The highest BCUT2D eigenvalue weighted by Gasteiger charge is 2.18. The predicted molar refractivity (Wildman–Crippen MR) is 107 cm³/mol. The Morgan fingerprint density at radius 2 is 2.04 bits per heavy atom. The summed E-state index contributed by atoms with van der Waals surface area (Å²) < 4.78 is 15.2. The van der Waals surface area contributed by atoms with Crippen molar-refractivity contribution in [2.75, 3.05) is 5.75 Å². The van der Waals surface area contributed by atoms with Crippen molar-refractivity contribution >= 4 is 34.5 Å². The van der Waals surface area contributed by atoms with Gasteiger partial charge in [-0.05, 0) is 41.3 Å². The van der Waals surface area contributed by atoms with E-state index >= 15 is 0 Å². The molecule has 3 aromatic heterocycles. The number of fused-ring (bicyclic) bond motifs is 1. The Hall–Kier alpha value is -2.64. The molecule has 0 aliphatic heterocycles. The van der Waals surface area contributed by atoms with Gasteiger partial charge in [-0.15, -0.1) is 11.3 Å². The van der Waals surface area contributed by atoms with E-state index in [2.05, 4.69) is 10.3 Å². The van der Waals surface area contributed by atoms with E-state index < -0.39 is 0 Å². The fourth-order valence-electron chi connectivity index (χ4n) is 2.79. The summed E-state index contributed by atoms with van der Waals surface area (Å²) in [5, 5.41) is 5.79. The Balaban J connectivity index is 1.48. The first kappa shape index (κ1) is 17.8. The zero-order valence-corrected chi connectivity index (χ0v) is 15.8. The van der Waals surface area contributed by atoms with Crippen molar-refractivity contribution in [2.45, 2.75) is 11.2 Å². The van der Waals surface area contributed by atoms with Crippen molar-refractivity contribution < 1.29 is 9.18 Å². The maximum atomic E-state index is 13.3. The van der Waals surface area contributed by atoms with Crippen LogP contribution in [0.5, 0.6) is 0 Å². The summed E-state index contributed by atoms with van der Waals surface area (Å²) in [4.78, 5) is 18.0. The number of hydrogen-bond donors (Lipinski definition) is 1. The normalized spacial score (nSPS) is 12.2. The fraction of sp³-hybridized carbons (Fsp3) is 0.100. The van der Waals surface area contributed by atoms with Crippen molar-refractivity contribution in [3.63, 3.8) is 0 Å². The minimum Gasteiger partial charge on any atom is -0.344 e. The number of carbonyl (C=O) groups excluding carboxylic acids is 1. The molecule has 4 nitrogen and oxygen atoms in total. The van der Waals surface area contributed by atoms with E-state index in [4.69, 9.17) is 0 Å². The zero-order chi connectivity index (χ0) is 18.6. The number of carbonyl (C=O) groups is 1. The lowest BCUT2D eigenvalue weighted by Gasteiger charge is -2.18. The highest BCUT2D eigenvalue weighted by atomic mass is 32.2. The fourth-order valence-corrected chi connectivity index (χ4v) is 4.37. The van der Waals surface area contributed by atoms with Crippen LogP contribution in [-0.2, 0) is 4.79 Å². The number of nitrogens with zero attached hydrogens (tertiary/aromatic N) is 2. The number of rotatable bonds is 6. The van der Waals surface area contributed by atoms with Gasteiger partial charge in [0, 0.05) is 11.1 Å². The van der Waals surface area contributed by atoms with Gasteiger partial charge in [-0.3, -0.25) is 9.20 Å². The molecule has 4 rings (SSSR count). The van der Waals surface area contributed by atoms with Gasteiger partial charge in [0.25, 0.3) is 0 Å². The molecule has 1 unspecified atom stereocenters. The van der Waals surface area contributed by atoms with Crippen LogP contribution in [0.2, 0.25) is 0 Å². The third-order valence-electron chi connectivity index (χ3n) is 4.07. The third-order valence-corrected chi connectivity index (χ3v) is 5.98. The van der Waals surface area contributed by atoms with Gasteiger partial charge >= 0.3 is 0 Å². The molecule has 7 heteroatoms. The van der Waals surface area contributed by atoms with Crippen LogP contribution < -0.4 is 5.32 Å². The first-order valence-corrected chi connectivity index (χ1v) is 10.2. The first-order valence-electron chi connectivity index (χ1n) is 8.34. The summed E-state index contributed by atoms with van der Waals surface area (Å²) in [7, 11) is 0. The number of thioether (sulfide) groups is 1. The van der Waals surface area contributed by atoms with Crippen molar-refractivity contribution in [2.24, 2.45) is 0 Å². The second-order valence-corrected chi connectivity index (χ2v) is 7.81. The van der Waals surface area contributed by atoms with E-state index in [-0.39, 0.29) is 23.5 Å². The molecule has 3 heterocycles. The summed E-state index contributed by atoms with van der Waals surface area (Å²) in [6.45, 7) is 0. The van der Waals surface area contributed by atoms with Crippen LogP contribution in [-0.4, -0.2) is 21.0 Å². The molecule has 0 bridgehead atoms. The Morgan fingerprint density at radius 1 is 1.19 bits per heavy atom. The van der Waals surface area contributed by atoms with Gasteiger partial charge < -0.3 is 5.32 Å². The molecule has 27 heavy (non-hydrogen) atoms. The summed E-state index contributed by atoms with van der Waals surface area (Å²) in [5.41, 5.74) is 1.84. The van der Waals surface area contributed by atoms with Crippen molar-refractivity contribution in [3.05, 3.63) is 88.6 Å². The number of benzene rings is 1. The predicted octanol–water partition coefficient (Wildman–Crippen LogP) is 4.53. The number of aromatic nitrogens is 2. The van der Waals surface area contributed by atoms with Gasteiger partial charge in [-0.1, -0.05) is 36.0 Å². The van der Waals surface area contributed by atoms with Crippen molar-refractivity contribution in [3.8, 4) is 0 Å². The van der Waals surface area contributed by atoms with Gasteiger partial charge in [-0.2, -0.15) is 0 Å². The SMILES string of the molecule is O=C(CSc1ncc2ccccn12)NC(c1ccc(F)cc1)c1cccs1. The van der Waals surface area contributed by atoms with Crippen LogP contribution in [0.1, 0.15) is 16.5 Å². The van der Waals surface area contributed by atoms with Crippen LogP contribution in [0, 0.1) is 5.82 Å². The number of halogens is 1. The molecule has 0 radical (unpaired) electrons. The maximum Gasteiger partial charge on any atom is 0.231 e. The highest BCUT2D eigenvalue weighted by Crippen LogP contribution is 2.27. The van der Waals surface area contributed by atoms with Crippen LogP contribution in [0.4, 0.5) is 4.39 Å². The van der Waals surface area contributed by atoms with Gasteiger partial charge in [0.2, 0.25) is 5.91 Å². The number of hydrogen-bond acceptors (Lipinski definition) is 4. The standard InChI is InChI=1S/C20H16FN3OS2/c21-15-8-6-14(7-9-15)19(17-5-3-11-26-17)23-18(25)13-27-20-22-12-16-4-1-2-10-24(16)20/h1-12,19H,13H2,(H,23,25). The molecule has 1 amide bonds. The van der Waals surface area contributed by atoms with E-state index in [9.17, 15) is 9.18 Å². The monoisotopic (exact) mass is 397 g/mol. The van der Waals surface area contributed by atoms with Crippen molar-refractivity contribution in [1.82, 2.24) is 14.7 Å². The van der Waals surface area contributed by atoms with E-state index in [1.54, 1.807) is 29.7 Å². The largest absolute Gasteiger partial charge is 0.344 e. The molecule has 1 aromatic carbocycles. The van der Waals surface area contributed by atoms with Crippen molar-refractivity contribution in [1.29, 1.82) is 0 Å². The van der Waals surface area contributed by atoms with E-state index in [0.29, 0.717) is 0 Å². The lowest BCUT2D eigenvalue weighted by molar-refractivity contribution is -0.119. The smallest absolute Gasteiger partial charge is 0.231 e. The number of nitrogens with one attached hydrogen (secondary N) is 1. The minimum atomic E-state index is -0.296. The Labute approximate surface area is 164 Å². The highest BCUT2D eigenvalue weighted by molar-refractivity contribution is 7.99. The van der Waals surface area contributed by atoms with Crippen LogP contribution >= 0.6 is 23.1 Å². The van der Waals surface area contributed by atoms with Crippen LogP contribution in [0.3, 0.4) is 0 Å². The lowest BCUT2D eigenvalue weighted by Crippen LogP contribution is -2.30. The molecule has 0 aliphatic carbocycles. The molecule has 136 valence electrons. The van der Waals surface area contributed by atoms with E-state index in [0.717, 1.165) is 21.1 Å². The van der Waals surface area contributed by atoms with E-state index in [1.165, 1.54) is 23.9 Å². The van der Waals surface area contributed by atoms with Gasteiger partial charge in [0.05, 0.1) is 23.5 Å². The number of imidazole rings is 1. The summed E-state index contributed by atoms with van der Waals surface area (Å²) >= 11 is 2.94. The zero-order valence-electron chi connectivity index (χ0n) is 14.2. The average Bonchev–Trinajstić information content (AvgIpc) is 3.35. The molecule has 1 atom stereocenters. The Kier molecular flexibility index (Phi) is 5.22. The molecular formula is C20H16FN3OS2. The third kappa shape index (κ3) is 4.04. The van der Waals surface area contributed by atoms with Gasteiger partial charge in [0.15, 0.2) is 5.16 Å². The topological polar surface area (TPSA) is 46.4 Å². The van der Waals surface area contributed by atoms with Crippen LogP contribution in [0.25, 0.3) is 5.52 Å². The molecular weight excluding hydrogens is 381 g/mol. The Bertz CT molecular complexity index is 1040. The first-order chi connectivity index (χ1) is 13.2. The number of amides is 1. The number of thiophene rings is 1. The summed E-state index contributed by atoms with van der Waals surface area (Å²) in [5.74, 6) is -0.149. The lowest BCUT2D eigenvalue weighted by atomic mass is 10.1. The minimum absolute atomic E-state index is 0.101. The maximum absolute atomic E-state index is 13.3. The molecule has 0 saturated heterocycles. The molecule has 1 N–H and O–H groups in total. The molecule has 0 saturated carbocycles.